The number of aromatic nitrogens is 2. The van der Waals surface area contributed by atoms with E-state index in [2.05, 4.69) is 41.6 Å². The van der Waals surface area contributed by atoms with Gasteiger partial charge in [-0.3, -0.25) is 19.6 Å². The van der Waals surface area contributed by atoms with E-state index in [4.69, 9.17) is 0 Å². The molecule has 2 heterocycles. The molecule has 0 unspecified atom stereocenters. The van der Waals surface area contributed by atoms with Crippen molar-refractivity contribution >= 4 is 23.5 Å². The maximum Gasteiger partial charge on any atom is 0.325 e. The van der Waals surface area contributed by atoms with Gasteiger partial charge in [0.1, 0.15) is 12.1 Å². The fourth-order valence-corrected chi connectivity index (χ4v) is 5.17. The molecule has 1 aliphatic carbocycles. The van der Waals surface area contributed by atoms with E-state index in [9.17, 15) is 14.4 Å². The van der Waals surface area contributed by atoms with Crippen molar-refractivity contribution in [3.05, 3.63) is 36.5 Å². The number of anilines is 1. The van der Waals surface area contributed by atoms with Gasteiger partial charge in [-0.25, -0.2) is 4.79 Å². The Labute approximate surface area is 175 Å². The van der Waals surface area contributed by atoms with Crippen molar-refractivity contribution in [2.45, 2.75) is 45.6 Å². The van der Waals surface area contributed by atoms with E-state index < -0.39 is 17.5 Å². The molecular formula is C22H27N5O3. The maximum absolute atomic E-state index is 13.2. The van der Waals surface area contributed by atoms with Gasteiger partial charge in [0, 0.05) is 17.4 Å². The molecule has 1 aliphatic heterocycles. The predicted molar refractivity (Wildman–Crippen MR) is 112 cm³/mol. The molecule has 4 rings (SSSR count). The van der Waals surface area contributed by atoms with E-state index >= 15 is 0 Å². The number of nitrogens with zero attached hydrogens (tertiary/aromatic N) is 2. The number of nitrogens with one attached hydrogen (secondary N) is 3. The molecule has 1 saturated heterocycles. The van der Waals surface area contributed by atoms with Crippen LogP contribution in [0.5, 0.6) is 0 Å². The second-order valence-corrected chi connectivity index (χ2v) is 9.36. The molecule has 2 atom stereocenters. The SMILES string of the molecule is C[C@@H]1CC(C)(C)C[C@]2(C1)NC(=O)N(CC(=O)Nc1cccc(-c3ccn[nH]3)c1)C2=O. The van der Waals surface area contributed by atoms with Gasteiger partial charge in [-0.05, 0) is 48.8 Å². The van der Waals surface area contributed by atoms with Crippen molar-refractivity contribution in [1.82, 2.24) is 20.4 Å². The van der Waals surface area contributed by atoms with Crippen LogP contribution in [0.25, 0.3) is 11.3 Å². The van der Waals surface area contributed by atoms with Crippen LogP contribution in [-0.4, -0.2) is 45.0 Å². The zero-order chi connectivity index (χ0) is 21.5. The molecule has 1 aromatic heterocycles. The summed E-state index contributed by atoms with van der Waals surface area (Å²) in [6, 6.07) is 8.63. The van der Waals surface area contributed by atoms with Crippen LogP contribution in [0.15, 0.2) is 36.5 Å². The smallest absolute Gasteiger partial charge is 0.325 e. The number of urea groups is 1. The van der Waals surface area contributed by atoms with Crippen LogP contribution in [0.2, 0.25) is 0 Å². The van der Waals surface area contributed by atoms with Crippen LogP contribution in [-0.2, 0) is 9.59 Å². The Hall–Kier alpha value is -3.16. The molecule has 8 nitrogen and oxygen atoms in total. The lowest BCUT2D eigenvalue weighted by Crippen LogP contribution is -2.54. The van der Waals surface area contributed by atoms with Crippen molar-refractivity contribution in [3.63, 3.8) is 0 Å². The van der Waals surface area contributed by atoms with Crippen LogP contribution >= 0.6 is 0 Å². The normalized spacial score (nSPS) is 25.4. The molecular weight excluding hydrogens is 382 g/mol. The number of H-pyrrole nitrogens is 1. The number of carbonyl (C=O) groups excluding carboxylic acids is 3. The zero-order valence-electron chi connectivity index (χ0n) is 17.5. The molecule has 1 aromatic carbocycles. The summed E-state index contributed by atoms with van der Waals surface area (Å²) >= 11 is 0. The number of hydrogen-bond acceptors (Lipinski definition) is 4. The summed E-state index contributed by atoms with van der Waals surface area (Å²) in [5.41, 5.74) is 1.33. The first-order valence-electron chi connectivity index (χ1n) is 10.2. The highest BCUT2D eigenvalue weighted by atomic mass is 16.2. The Morgan fingerprint density at radius 2 is 2.07 bits per heavy atom. The molecule has 158 valence electrons. The molecule has 0 radical (unpaired) electrons. The molecule has 4 amide bonds. The second-order valence-electron chi connectivity index (χ2n) is 9.36. The minimum absolute atomic E-state index is 0.0496. The Kier molecular flexibility index (Phi) is 4.88. The highest BCUT2D eigenvalue weighted by Gasteiger charge is 2.56. The minimum atomic E-state index is -0.904. The third-order valence-corrected chi connectivity index (χ3v) is 5.88. The van der Waals surface area contributed by atoms with Gasteiger partial charge in [0.05, 0.1) is 5.69 Å². The molecule has 0 bridgehead atoms. The van der Waals surface area contributed by atoms with Crippen molar-refractivity contribution in [1.29, 1.82) is 0 Å². The number of carbonyl (C=O) groups is 3. The standard InChI is InChI=1S/C22H27N5O3/c1-14-10-21(2,3)13-22(11-14)19(29)27(20(30)25-22)12-18(28)24-16-6-4-5-15(9-16)17-7-8-23-26-17/h4-9,14H,10-13H2,1-3H3,(H,23,26)(H,24,28)(H,25,30)/t14-,22+/m1/s1. The van der Waals surface area contributed by atoms with Gasteiger partial charge in [0.25, 0.3) is 5.91 Å². The second kappa shape index (κ2) is 7.27. The Morgan fingerprint density at radius 3 is 2.77 bits per heavy atom. The van der Waals surface area contributed by atoms with Gasteiger partial charge in [-0.1, -0.05) is 32.9 Å². The summed E-state index contributed by atoms with van der Waals surface area (Å²) in [6.45, 7) is 6.03. The molecule has 30 heavy (non-hydrogen) atoms. The van der Waals surface area contributed by atoms with E-state index in [1.165, 1.54) is 0 Å². The van der Waals surface area contributed by atoms with Crippen molar-refractivity contribution < 1.29 is 14.4 Å². The third-order valence-electron chi connectivity index (χ3n) is 5.88. The molecule has 2 fully saturated rings. The number of amides is 4. The van der Waals surface area contributed by atoms with Crippen molar-refractivity contribution in [3.8, 4) is 11.3 Å². The number of benzene rings is 1. The van der Waals surface area contributed by atoms with Gasteiger partial charge < -0.3 is 10.6 Å². The van der Waals surface area contributed by atoms with Crippen LogP contribution in [0, 0.1) is 11.3 Å². The monoisotopic (exact) mass is 409 g/mol. The van der Waals surface area contributed by atoms with Crippen LogP contribution in [0.4, 0.5) is 10.5 Å². The fourth-order valence-electron chi connectivity index (χ4n) is 5.17. The van der Waals surface area contributed by atoms with Crippen molar-refractivity contribution in [2.75, 3.05) is 11.9 Å². The van der Waals surface area contributed by atoms with Crippen LogP contribution < -0.4 is 10.6 Å². The van der Waals surface area contributed by atoms with Gasteiger partial charge in [0.15, 0.2) is 0 Å². The van der Waals surface area contributed by atoms with E-state index in [0.29, 0.717) is 24.4 Å². The minimum Gasteiger partial charge on any atom is -0.325 e. The van der Waals surface area contributed by atoms with Crippen molar-refractivity contribution in [2.24, 2.45) is 11.3 Å². The maximum atomic E-state index is 13.2. The van der Waals surface area contributed by atoms with E-state index in [0.717, 1.165) is 22.6 Å². The Morgan fingerprint density at radius 1 is 1.27 bits per heavy atom. The lowest BCUT2D eigenvalue weighted by Gasteiger charge is -2.43. The number of imide groups is 1. The largest absolute Gasteiger partial charge is 0.325 e. The summed E-state index contributed by atoms with van der Waals surface area (Å²) in [4.78, 5) is 39.4. The predicted octanol–water partition coefficient (Wildman–Crippen LogP) is 3.15. The fraction of sp³-hybridized carbons (Fsp3) is 0.455. The van der Waals surface area contributed by atoms with Gasteiger partial charge in [-0.2, -0.15) is 5.10 Å². The number of hydrogen-bond donors (Lipinski definition) is 3. The summed E-state index contributed by atoms with van der Waals surface area (Å²) in [5.74, 6) is -0.397. The van der Waals surface area contributed by atoms with Gasteiger partial charge in [-0.15, -0.1) is 0 Å². The quantitative estimate of drug-likeness (QED) is 0.674. The van der Waals surface area contributed by atoms with Crippen LogP contribution in [0.1, 0.15) is 40.0 Å². The average molecular weight is 409 g/mol. The van der Waals surface area contributed by atoms with E-state index in [-0.39, 0.29) is 17.9 Å². The molecule has 1 saturated carbocycles. The molecule has 8 heteroatoms. The number of rotatable bonds is 4. The summed E-state index contributed by atoms with van der Waals surface area (Å²) in [6.07, 6.45) is 3.84. The highest BCUT2D eigenvalue weighted by molar-refractivity contribution is 6.10. The average Bonchev–Trinajstić information content (AvgIpc) is 3.24. The highest BCUT2D eigenvalue weighted by Crippen LogP contribution is 2.46. The third kappa shape index (κ3) is 3.81. The van der Waals surface area contributed by atoms with E-state index in [1.54, 1.807) is 12.3 Å². The molecule has 3 N–H and O–H groups in total. The molecule has 2 aliphatic rings. The van der Waals surface area contributed by atoms with Crippen LogP contribution in [0.3, 0.4) is 0 Å². The van der Waals surface area contributed by atoms with E-state index in [1.807, 2.05) is 24.3 Å². The number of aromatic amines is 1. The summed E-state index contributed by atoms with van der Waals surface area (Å²) in [7, 11) is 0. The van der Waals surface area contributed by atoms with Gasteiger partial charge >= 0.3 is 6.03 Å². The molecule has 1 spiro atoms. The van der Waals surface area contributed by atoms with Gasteiger partial charge in [0.2, 0.25) is 5.91 Å². The topological polar surface area (TPSA) is 107 Å². The summed E-state index contributed by atoms with van der Waals surface area (Å²) in [5, 5.41) is 12.5. The first kappa shape index (κ1) is 20.1. The zero-order valence-corrected chi connectivity index (χ0v) is 17.5. The first-order chi connectivity index (χ1) is 14.2. The Balaban J connectivity index is 1.46. The first-order valence-corrected chi connectivity index (χ1v) is 10.2. The lowest BCUT2D eigenvalue weighted by molar-refractivity contribution is -0.136. The molecule has 2 aromatic rings. The summed E-state index contributed by atoms with van der Waals surface area (Å²) < 4.78 is 0. The Bertz CT molecular complexity index is 984. The lowest BCUT2D eigenvalue weighted by atomic mass is 9.64.